The van der Waals surface area contributed by atoms with Crippen LogP contribution in [0.5, 0.6) is 0 Å². The third-order valence-electron chi connectivity index (χ3n) is 4.95. The Morgan fingerprint density at radius 1 is 1.15 bits per heavy atom. The van der Waals surface area contributed by atoms with Gasteiger partial charge in [0.15, 0.2) is 10.8 Å². The van der Waals surface area contributed by atoms with Crippen molar-refractivity contribution in [2.24, 2.45) is 0 Å². The van der Waals surface area contributed by atoms with E-state index in [2.05, 4.69) is 46.6 Å². The number of carbonyl (C=O) groups is 2. The molecule has 0 atom stereocenters. The smallest absolute Gasteiger partial charge is 0.358 e. The molecule has 34 heavy (non-hydrogen) atoms. The molecule has 0 fully saturated rings. The van der Waals surface area contributed by atoms with E-state index in [9.17, 15) is 19.7 Å². The topological polar surface area (TPSA) is 158 Å². The van der Waals surface area contributed by atoms with Crippen LogP contribution in [0.2, 0.25) is 5.02 Å². The Kier molecular flexibility index (Phi) is 7.30. The number of nitrogens with zero attached hydrogens (tertiary/aromatic N) is 5. The van der Waals surface area contributed by atoms with Gasteiger partial charge in [0.25, 0.3) is 5.91 Å². The van der Waals surface area contributed by atoms with Crippen LogP contribution in [0.1, 0.15) is 58.9 Å². The van der Waals surface area contributed by atoms with Gasteiger partial charge in [0.1, 0.15) is 6.54 Å². The molecule has 13 heteroatoms. The van der Waals surface area contributed by atoms with Crippen molar-refractivity contribution in [1.82, 2.24) is 30.6 Å². The van der Waals surface area contributed by atoms with Gasteiger partial charge in [-0.2, -0.15) is 9.67 Å². The van der Waals surface area contributed by atoms with Gasteiger partial charge in [-0.25, -0.2) is 0 Å². The number of nitro groups is 1. The summed E-state index contributed by atoms with van der Waals surface area (Å²) in [4.78, 5) is 38.7. The van der Waals surface area contributed by atoms with E-state index >= 15 is 0 Å². The molecular formula is C21H24ClN7O5. The van der Waals surface area contributed by atoms with Crippen molar-refractivity contribution in [3.8, 4) is 0 Å². The predicted molar refractivity (Wildman–Crippen MR) is 122 cm³/mol. The molecule has 0 bridgehead atoms. The highest BCUT2D eigenvalue weighted by Crippen LogP contribution is 2.26. The molecule has 2 N–H and O–H groups in total. The van der Waals surface area contributed by atoms with Crippen LogP contribution in [0.3, 0.4) is 0 Å². The summed E-state index contributed by atoms with van der Waals surface area (Å²) in [6.45, 7) is 8.11. The van der Waals surface area contributed by atoms with E-state index in [0.29, 0.717) is 11.3 Å². The maximum absolute atomic E-state index is 12.3. The van der Waals surface area contributed by atoms with Gasteiger partial charge in [0.05, 0.1) is 10.8 Å². The number of carbonyl (C=O) groups excluding carboxylic acids is 2. The Morgan fingerprint density at radius 2 is 1.76 bits per heavy atom. The summed E-state index contributed by atoms with van der Waals surface area (Å²) in [5.41, 5.74) is 2.00. The molecule has 1 aromatic carbocycles. The number of hydrogen-bond acceptors (Lipinski definition) is 8. The zero-order valence-electron chi connectivity index (χ0n) is 19.1. The lowest BCUT2D eigenvalue weighted by molar-refractivity contribution is -0.389. The van der Waals surface area contributed by atoms with Gasteiger partial charge >= 0.3 is 17.6 Å². The van der Waals surface area contributed by atoms with E-state index in [0.717, 1.165) is 5.56 Å². The minimum atomic E-state index is -0.694. The summed E-state index contributed by atoms with van der Waals surface area (Å²) in [6, 6.07) is 7.36. The van der Waals surface area contributed by atoms with Crippen LogP contribution in [0, 0.1) is 17.0 Å². The average Bonchev–Trinajstić information content (AvgIpc) is 3.36. The fourth-order valence-corrected chi connectivity index (χ4v) is 3.18. The second kappa shape index (κ2) is 10.00. The first-order valence-electron chi connectivity index (χ1n) is 10.3. The van der Waals surface area contributed by atoms with Crippen LogP contribution < -0.4 is 10.6 Å². The minimum Gasteiger partial charge on any atom is -0.358 e. The monoisotopic (exact) mass is 489 g/mol. The lowest BCUT2D eigenvalue weighted by Gasteiger charge is -2.19. The van der Waals surface area contributed by atoms with Crippen LogP contribution in [-0.4, -0.2) is 49.7 Å². The number of amides is 2. The van der Waals surface area contributed by atoms with Gasteiger partial charge in [0, 0.05) is 18.7 Å². The second-order valence-corrected chi connectivity index (χ2v) is 8.87. The largest absolute Gasteiger partial charge is 0.408 e. The lowest BCUT2D eigenvalue weighted by atomic mass is 9.87. The molecule has 2 aromatic heterocycles. The number of rotatable bonds is 8. The van der Waals surface area contributed by atoms with Gasteiger partial charge in [-0.3, -0.25) is 9.59 Å². The number of halogens is 1. The van der Waals surface area contributed by atoms with E-state index in [1.54, 1.807) is 19.1 Å². The van der Waals surface area contributed by atoms with E-state index in [-0.39, 0.29) is 47.7 Å². The van der Waals surface area contributed by atoms with Crippen LogP contribution in [0.25, 0.3) is 0 Å². The number of aromatic nitrogens is 4. The highest BCUT2D eigenvalue weighted by molar-refractivity contribution is 6.33. The van der Waals surface area contributed by atoms with Crippen molar-refractivity contribution in [1.29, 1.82) is 0 Å². The molecule has 12 nitrogen and oxygen atoms in total. The zero-order chi connectivity index (χ0) is 25.0. The van der Waals surface area contributed by atoms with Crippen molar-refractivity contribution < 1.29 is 19.0 Å². The molecule has 0 aliphatic carbocycles. The molecule has 0 aliphatic heterocycles. The van der Waals surface area contributed by atoms with E-state index in [1.165, 1.54) is 4.68 Å². The summed E-state index contributed by atoms with van der Waals surface area (Å²) in [5.74, 6) is -1.55. The van der Waals surface area contributed by atoms with Crippen LogP contribution in [0.15, 0.2) is 28.8 Å². The van der Waals surface area contributed by atoms with E-state index in [4.69, 9.17) is 16.1 Å². The van der Waals surface area contributed by atoms with Crippen molar-refractivity contribution in [3.63, 3.8) is 0 Å². The molecule has 180 valence electrons. The summed E-state index contributed by atoms with van der Waals surface area (Å²) in [5, 5.41) is 23.6. The molecule has 0 unspecified atom stereocenters. The van der Waals surface area contributed by atoms with Crippen molar-refractivity contribution in [2.45, 2.75) is 39.7 Å². The molecule has 0 spiro atoms. The zero-order valence-corrected chi connectivity index (χ0v) is 19.8. The summed E-state index contributed by atoms with van der Waals surface area (Å²) < 4.78 is 6.19. The molecule has 3 aromatic rings. The first-order chi connectivity index (χ1) is 16.0. The first-order valence-corrected chi connectivity index (χ1v) is 10.7. The van der Waals surface area contributed by atoms with Crippen LogP contribution in [0.4, 0.5) is 5.82 Å². The normalized spacial score (nSPS) is 11.3. The van der Waals surface area contributed by atoms with E-state index in [1.807, 2.05) is 12.1 Å². The molecule has 0 radical (unpaired) electrons. The SMILES string of the molecule is Cc1c(Cl)c([N+](=O)[O-])nn1Cc1noc(C(=O)NCCNC(=O)c2ccc(C(C)(C)C)cc2)n1. The standard InChI is InChI=1S/C21H24ClN7O5/c1-12-16(22)17(29(32)33)26-28(12)11-15-25-20(34-27-15)19(31)24-10-9-23-18(30)13-5-7-14(8-6-13)21(2,3)4/h5-8H,9-11H2,1-4H3,(H,23,30)(H,24,31). The number of benzene rings is 1. The van der Waals surface area contributed by atoms with Gasteiger partial charge in [-0.15, -0.1) is 0 Å². The lowest BCUT2D eigenvalue weighted by Crippen LogP contribution is -2.34. The van der Waals surface area contributed by atoms with Crippen molar-refractivity contribution >= 4 is 29.2 Å². The van der Waals surface area contributed by atoms with Crippen LogP contribution >= 0.6 is 11.6 Å². The Balaban J connectivity index is 1.48. The highest BCUT2D eigenvalue weighted by Gasteiger charge is 2.25. The fourth-order valence-electron chi connectivity index (χ4n) is 2.97. The number of hydrogen-bond donors (Lipinski definition) is 2. The second-order valence-electron chi connectivity index (χ2n) is 8.49. The van der Waals surface area contributed by atoms with Crippen molar-refractivity contribution in [3.05, 3.63) is 67.9 Å². The highest BCUT2D eigenvalue weighted by atomic mass is 35.5. The average molecular weight is 490 g/mol. The Labute approximate surface area is 199 Å². The van der Waals surface area contributed by atoms with E-state index < -0.39 is 16.6 Å². The maximum atomic E-state index is 12.3. The first kappa shape index (κ1) is 24.8. The van der Waals surface area contributed by atoms with Gasteiger partial charge in [0.2, 0.25) is 0 Å². The minimum absolute atomic E-state index is 0.00384. The predicted octanol–water partition coefficient (Wildman–Crippen LogP) is 2.64. The van der Waals surface area contributed by atoms with Gasteiger partial charge in [-0.05, 0) is 35.0 Å². The molecular weight excluding hydrogens is 466 g/mol. The molecule has 2 heterocycles. The quantitative estimate of drug-likeness (QED) is 0.277. The summed E-state index contributed by atoms with van der Waals surface area (Å²) in [6.07, 6.45) is 0. The molecule has 0 aliphatic rings. The molecule has 0 saturated carbocycles. The summed E-state index contributed by atoms with van der Waals surface area (Å²) >= 11 is 5.90. The Morgan fingerprint density at radius 3 is 2.32 bits per heavy atom. The maximum Gasteiger partial charge on any atom is 0.408 e. The Hall–Kier alpha value is -3.80. The molecule has 3 rings (SSSR count). The third kappa shape index (κ3) is 5.76. The fraction of sp³-hybridized carbons (Fsp3) is 0.381. The van der Waals surface area contributed by atoms with Crippen LogP contribution in [-0.2, 0) is 12.0 Å². The molecule has 0 saturated heterocycles. The molecule has 2 amide bonds. The van der Waals surface area contributed by atoms with Crippen molar-refractivity contribution in [2.75, 3.05) is 13.1 Å². The third-order valence-corrected chi connectivity index (χ3v) is 5.39. The van der Waals surface area contributed by atoms with Gasteiger partial charge in [-0.1, -0.05) is 49.7 Å². The Bertz CT molecular complexity index is 1210. The van der Waals surface area contributed by atoms with Gasteiger partial charge < -0.3 is 25.3 Å². The summed E-state index contributed by atoms with van der Waals surface area (Å²) in [7, 11) is 0. The number of nitrogens with one attached hydrogen (secondary N) is 2.